The van der Waals surface area contributed by atoms with Crippen LogP contribution in [0.4, 0.5) is 8.78 Å². The number of primary amides is 1. The Balaban J connectivity index is 1.52. The topological polar surface area (TPSA) is 94.3 Å². The van der Waals surface area contributed by atoms with Gasteiger partial charge in [-0.05, 0) is 59.6 Å². The minimum Gasteiger partial charge on any atom is -0.369 e. The number of benzene rings is 2. The third-order valence-electron chi connectivity index (χ3n) is 6.96. The van der Waals surface area contributed by atoms with E-state index in [-0.39, 0.29) is 24.5 Å². The van der Waals surface area contributed by atoms with Crippen LogP contribution in [0.1, 0.15) is 75.2 Å². The van der Waals surface area contributed by atoms with Gasteiger partial charge in [-0.1, -0.05) is 38.1 Å². The summed E-state index contributed by atoms with van der Waals surface area (Å²) in [5.41, 5.74) is 11.8. The van der Waals surface area contributed by atoms with Gasteiger partial charge in [0.05, 0.1) is 35.2 Å². The van der Waals surface area contributed by atoms with Crippen LogP contribution in [0.25, 0.3) is 11.1 Å². The molecule has 192 valence electrons. The number of fused-ring (bicyclic) bond motifs is 2. The van der Waals surface area contributed by atoms with E-state index in [9.17, 15) is 18.4 Å². The highest BCUT2D eigenvalue weighted by molar-refractivity contribution is 6.10. The molecule has 0 bridgehead atoms. The molecular formula is C29H29F2N3O3. The van der Waals surface area contributed by atoms with Crippen LogP contribution in [0.2, 0.25) is 0 Å². The van der Waals surface area contributed by atoms with Gasteiger partial charge in [-0.15, -0.1) is 0 Å². The molecule has 37 heavy (non-hydrogen) atoms. The van der Waals surface area contributed by atoms with E-state index in [1.54, 1.807) is 0 Å². The number of pyridine rings is 1. The highest BCUT2D eigenvalue weighted by atomic mass is 19.2. The molecule has 0 saturated heterocycles. The van der Waals surface area contributed by atoms with Gasteiger partial charge in [-0.3, -0.25) is 14.6 Å². The zero-order valence-corrected chi connectivity index (χ0v) is 20.9. The van der Waals surface area contributed by atoms with E-state index in [0.29, 0.717) is 53.0 Å². The van der Waals surface area contributed by atoms with E-state index in [0.717, 1.165) is 41.7 Å². The van der Waals surface area contributed by atoms with E-state index >= 15 is 0 Å². The molecule has 0 saturated carbocycles. The zero-order chi connectivity index (χ0) is 26.3. The van der Waals surface area contributed by atoms with Crippen LogP contribution in [0.3, 0.4) is 0 Å². The average Bonchev–Trinajstić information content (AvgIpc) is 3.25. The number of halogens is 2. The van der Waals surface area contributed by atoms with Gasteiger partial charge in [-0.25, -0.2) is 8.78 Å². The van der Waals surface area contributed by atoms with Crippen LogP contribution in [0.15, 0.2) is 36.4 Å². The second-order valence-electron chi connectivity index (χ2n) is 10.1. The Hall–Kier alpha value is -3.65. The molecule has 6 nitrogen and oxygen atoms in total. The average molecular weight is 506 g/mol. The molecule has 5 rings (SSSR count). The molecule has 0 fully saturated rings. The maximum Gasteiger partial charge on any atom is 0.253 e. The van der Waals surface area contributed by atoms with Gasteiger partial charge in [-0.2, -0.15) is 0 Å². The quantitative estimate of drug-likeness (QED) is 0.482. The first-order chi connectivity index (χ1) is 17.7. The van der Waals surface area contributed by atoms with Gasteiger partial charge in [0.15, 0.2) is 11.6 Å². The predicted octanol–water partition coefficient (Wildman–Crippen LogP) is 4.81. The Labute approximate surface area is 214 Å². The van der Waals surface area contributed by atoms with Crippen molar-refractivity contribution in [1.29, 1.82) is 0 Å². The molecular weight excluding hydrogens is 476 g/mol. The summed E-state index contributed by atoms with van der Waals surface area (Å²) in [6, 6.07) is 9.59. The largest absolute Gasteiger partial charge is 0.369 e. The number of ether oxygens (including phenoxy) is 1. The Kier molecular flexibility index (Phi) is 6.77. The molecule has 3 N–H and O–H groups in total. The Morgan fingerprint density at radius 1 is 1.14 bits per heavy atom. The second-order valence-corrected chi connectivity index (χ2v) is 10.1. The third kappa shape index (κ3) is 4.85. The number of nitrogens with two attached hydrogens (primary N) is 1. The lowest BCUT2D eigenvalue weighted by molar-refractivity contribution is 0.0409. The summed E-state index contributed by atoms with van der Waals surface area (Å²) in [5.74, 6) is -2.39. The molecule has 0 spiro atoms. The number of aromatic nitrogens is 1. The molecule has 2 aliphatic rings. The standard InChI is InChI=1S/C29H29F2N3O3/c1-15(2)11-23-26(28(32)35)25(27-22(34-23)9-10-33-29(27)36)18-4-6-19-17(13-18)5-8-24(19)37-14-16-3-7-20(30)21(31)12-16/h3-4,6-7,12-13,15,24H,5,8-11,14H2,1-2H3,(H2,32,35)(H,33,36). The van der Waals surface area contributed by atoms with E-state index < -0.39 is 17.5 Å². The van der Waals surface area contributed by atoms with Gasteiger partial charge in [0.25, 0.3) is 11.8 Å². The highest BCUT2D eigenvalue weighted by Gasteiger charge is 2.31. The third-order valence-corrected chi connectivity index (χ3v) is 6.96. The highest BCUT2D eigenvalue weighted by Crippen LogP contribution is 2.40. The normalized spacial score (nSPS) is 16.5. The number of hydrogen-bond donors (Lipinski definition) is 2. The van der Waals surface area contributed by atoms with E-state index in [4.69, 9.17) is 15.5 Å². The first-order valence-electron chi connectivity index (χ1n) is 12.6. The zero-order valence-electron chi connectivity index (χ0n) is 20.9. The molecule has 0 radical (unpaired) electrons. The summed E-state index contributed by atoms with van der Waals surface area (Å²) in [6.45, 7) is 4.75. The molecule has 2 amide bonds. The van der Waals surface area contributed by atoms with Crippen molar-refractivity contribution in [1.82, 2.24) is 10.3 Å². The number of nitrogens with zero attached hydrogens (tertiary/aromatic N) is 1. The van der Waals surface area contributed by atoms with Crippen molar-refractivity contribution < 1.29 is 23.1 Å². The van der Waals surface area contributed by atoms with Gasteiger partial charge >= 0.3 is 0 Å². The molecule has 8 heteroatoms. The fourth-order valence-electron chi connectivity index (χ4n) is 5.32. The monoisotopic (exact) mass is 505 g/mol. The smallest absolute Gasteiger partial charge is 0.253 e. The summed E-state index contributed by atoms with van der Waals surface area (Å²) in [7, 11) is 0. The minimum atomic E-state index is -0.899. The summed E-state index contributed by atoms with van der Waals surface area (Å²) < 4.78 is 32.9. The number of carbonyl (C=O) groups is 2. The molecule has 1 aliphatic heterocycles. The Morgan fingerprint density at radius 2 is 1.95 bits per heavy atom. The van der Waals surface area contributed by atoms with Crippen molar-refractivity contribution in [2.45, 2.75) is 52.2 Å². The van der Waals surface area contributed by atoms with Crippen molar-refractivity contribution >= 4 is 11.8 Å². The van der Waals surface area contributed by atoms with E-state index in [2.05, 4.69) is 5.32 Å². The van der Waals surface area contributed by atoms with Crippen LogP contribution in [0, 0.1) is 17.6 Å². The molecule has 3 aromatic rings. The maximum atomic E-state index is 13.6. The van der Waals surface area contributed by atoms with Gasteiger partial charge in [0.1, 0.15) is 0 Å². The number of hydrogen-bond acceptors (Lipinski definition) is 4. The van der Waals surface area contributed by atoms with Crippen LogP contribution in [0.5, 0.6) is 0 Å². The Morgan fingerprint density at radius 3 is 2.68 bits per heavy atom. The first kappa shape index (κ1) is 25.0. The molecule has 1 unspecified atom stereocenters. The predicted molar refractivity (Wildman–Crippen MR) is 135 cm³/mol. The van der Waals surface area contributed by atoms with Crippen LogP contribution < -0.4 is 11.1 Å². The summed E-state index contributed by atoms with van der Waals surface area (Å²) in [6.07, 6.45) is 2.45. The SMILES string of the molecule is CC(C)Cc1nc2c(c(-c3ccc4c(c3)CCC4OCc3ccc(F)c(F)c3)c1C(N)=O)C(=O)NCC2. The van der Waals surface area contributed by atoms with Crippen molar-refractivity contribution in [3.63, 3.8) is 0 Å². The fraction of sp³-hybridized carbons (Fsp3) is 0.345. The lowest BCUT2D eigenvalue weighted by Gasteiger charge is -2.24. The summed E-state index contributed by atoms with van der Waals surface area (Å²) in [5, 5.41) is 2.87. The molecule has 1 atom stereocenters. The van der Waals surface area contributed by atoms with Gasteiger partial charge in [0.2, 0.25) is 0 Å². The lowest BCUT2D eigenvalue weighted by Crippen LogP contribution is -2.35. The summed E-state index contributed by atoms with van der Waals surface area (Å²) >= 11 is 0. The molecule has 2 aromatic carbocycles. The van der Waals surface area contributed by atoms with Crippen molar-refractivity contribution in [2.24, 2.45) is 11.7 Å². The summed E-state index contributed by atoms with van der Waals surface area (Å²) in [4.78, 5) is 30.4. The van der Waals surface area contributed by atoms with Crippen LogP contribution >= 0.6 is 0 Å². The second kappa shape index (κ2) is 10.0. The van der Waals surface area contributed by atoms with Crippen molar-refractivity contribution in [2.75, 3.05) is 6.54 Å². The molecule has 1 aliphatic carbocycles. The fourth-order valence-corrected chi connectivity index (χ4v) is 5.32. The van der Waals surface area contributed by atoms with Crippen molar-refractivity contribution in [3.8, 4) is 11.1 Å². The number of aryl methyl sites for hydroxylation is 1. The lowest BCUT2D eigenvalue weighted by atomic mass is 9.86. The molecule has 2 heterocycles. The van der Waals surface area contributed by atoms with Crippen molar-refractivity contribution in [3.05, 3.63) is 87.2 Å². The number of carbonyl (C=O) groups excluding carboxylic acids is 2. The minimum absolute atomic E-state index is 0.158. The van der Waals surface area contributed by atoms with Gasteiger partial charge < -0.3 is 15.8 Å². The number of amides is 2. The molecule has 1 aromatic heterocycles. The van der Waals surface area contributed by atoms with Crippen LogP contribution in [-0.4, -0.2) is 23.3 Å². The number of rotatable bonds is 7. The Bertz CT molecular complexity index is 1400. The maximum absolute atomic E-state index is 13.6. The van der Waals surface area contributed by atoms with E-state index in [1.165, 1.54) is 6.07 Å². The number of nitrogens with one attached hydrogen (secondary N) is 1. The first-order valence-corrected chi connectivity index (χ1v) is 12.6. The van der Waals surface area contributed by atoms with E-state index in [1.807, 2.05) is 32.0 Å². The van der Waals surface area contributed by atoms with Crippen LogP contribution in [-0.2, 0) is 30.6 Å². The van der Waals surface area contributed by atoms with Gasteiger partial charge in [0, 0.05) is 18.5 Å².